The Labute approximate surface area is 217 Å². The normalized spacial score (nSPS) is 19.4. The smallest absolute Gasteiger partial charge is 0.271 e. The summed E-state index contributed by atoms with van der Waals surface area (Å²) in [6.45, 7) is 9.17. The zero-order valence-corrected chi connectivity index (χ0v) is 23.0. The maximum atomic E-state index is 13.4. The lowest BCUT2D eigenvalue weighted by Gasteiger charge is -2.35. The highest BCUT2D eigenvalue weighted by Gasteiger charge is 2.42. The Morgan fingerprint density at radius 1 is 1.17 bits per heavy atom. The van der Waals surface area contributed by atoms with E-state index in [4.69, 9.17) is 21.1 Å². The van der Waals surface area contributed by atoms with E-state index in [2.05, 4.69) is 15.1 Å². The SMILES string of the molecule is CC(NC(=O)c1c(NS(=O)(=O)c2ccc(Cl)cc2)c(C2CCC3(CC2)OCCO3)nn1C)C(C)(C)C. The van der Waals surface area contributed by atoms with E-state index in [-0.39, 0.29) is 39.6 Å². The number of rotatable bonds is 6. The Balaban J connectivity index is 1.70. The molecule has 1 aromatic carbocycles. The van der Waals surface area contributed by atoms with Gasteiger partial charge in [-0.25, -0.2) is 8.42 Å². The molecule has 1 spiro atoms. The summed E-state index contributed by atoms with van der Waals surface area (Å²) in [5.41, 5.74) is 0.753. The molecule has 0 bridgehead atoms. The molecule has 198 valence electrons. The van der Waals surface area contributed by atoms with Crippen LogP contribution < -0.4 is 10.0 Å². The second-order valence-corrected chi connectivity index (χ2v) is 12.9. The van der Waals surface area contributed by atoms with Gasteiger partial charge in [0.25, 0.3) is 15.9 Å². The number of hydrogen-bond donors (Lipinski definition) is 2. The minimum absolute atomic E-state index is 0.0477. The Hall–Kier alpha value is -2.14. The van der Waals surface area contributed by atoms with Crippen molar-refractivity contribution in [2.24, 2.45) is 12.5 Å². The van der Waals surface area contributed by atoms with E-state index >= 15 is 0 Å². The van der Waals surface area contributed by atoms with Crippen molar-refractivity contribution in [3.05, 3.63) is 40.7 Å². The summed E-state index contributed by atoms with van der Waals surface area (Å²) in [5.74, 6) is -1.00. The number of sulfonamides is 1. The summed E-state index contributed by atoms with van der Waals surface area (Å²) >= 11 is 5.95. The van der Waals surface area contributed by atoms with E-state index in [1.165, 1.54) is 28.9 Å². The van der Waals surface area contributed by atoms with Gasteiger partial charge in [-0.15, -0.1) is 0 Å². The van der Waals surface area contributed by atoms with Crippen molar-refractivity contribution in [1.29, 1.82) is 0 Å². The van der Waals surface area contributed by atoms with Crippen molar-refractivity contribution >= 4 is 33.2 Å². The van der Waals surface area contributed by atoms with Gasteiger partial charge in [0.2, 0.25) is 0 Å². The summed E-state index contributed by atoms with van der Waals surface area (Å²) in [6, 6.07) is 5.74. The monoisotopic (exact) mass is 538 g/mol. The van der Waals surface area contributed by atoms with Crippen LogP contribution in [0, 0.1) is 5.41 Å². The molecule has 1 saturated carbocycles. The average Bonchev–Trinajstić information content (AvgIpc) is 3.38. The summed E-state index contributed by atoms with van der Waals surface area (Å²) < 4.78 is 42.6. The highest BCUT2D eigenvalue weighted by molar-refractivity contribution is 7.92. The number of nitrogens with one attached hydrogen (secondary N) is 2. The first-order valence-corrected chi connectivity index (χ1v) is 14.1. The summed E-state index contributed by atoms with van der Waals surface area (Å²) in [4.78, 5) is 13.5. The number of aromatic nitrogens is 2. The lowest BCUT2D eigenvalue weighted by molar-refractivity contribution is -0.178. The number of amides is 1. The van der Waals surface area contributed by atoms with E-state index in [0.29, 0.717) is 49.6 Å². The van der Waals surface area contributed by atoms with Gasteiger partial charge in [0, 0.05) is 36.9 Å². The number of anilines is 1. The van der Waals surface area contributed by atoms with E-state index in [1.54, 1.807) is 7.05 Å². The second kappa shape index (κ2) is 9.96. The fraction of sp³-hybridized carbons (Fsp3) is 0.600. The van der Waals surface area contributed by atoms with Crippen LogP contribution >= 0.6 is 11.6 Å². The molecule has 1 aromatic heterocycles. The molecule has 2 heterocycles. The van der Waals surface area contributed by atoms with Gasteiger partial charge in [0.15, 0.2) is 5.79 Å². The summed E-state index contributed by atoms with van der Waals surface area (Å²) in [5, 5.41) is 8.10. The molecule has 2 aliphatic rings. The Morgan fingerprint density at radius 3 is 2.31 bits per heavy atom. The largest absolute Gasteiger partial charge is 0.348 e. The van der Waals surface area contributed by atoms with Gasteiger partial charge in [-0.05, 0) is 49.4 Å². The van der Waals surface area contributed by atoms with Crippen LogP contribution in [-0.4, -0.2) is 49.1 Å². The standard InChI is InChI=1S/C25H35ClN4O5S/c1-16(24(2,3)4)27-23(31)22-21(29-36(32,33)19-8-6-18(26)7-9-19)20(28-30(22)5)17-10-12-25(13-11-17)34-14-15-35-25/h6-9,16-17,29H,10-15H2,1-5H3,(H,27,31). The van der Waals surface area contributed by atoms with Gasteiger partial charge >= 0.3 is 0 Å². The van der Waals surface area contributed by atoms with Crippen molar-refractivity contribution in [3.8, 4) is 0 Å². The number of nitrogens with zero attached hydrogens (tertiary/aromatic N) is 2. The topological polar surface area (TPSA) is 112 Å². The molecule has 1 atom stereocenters. The van der Waals surface area contributed by atoms with E-state index < -0.39 is 15.8 Å². The van der Waals surface area contributed by atoms with Crippen molar-refractivity contribution < 1.29 is 22.7 Å². The quantitative estimate of drug-likeness (QED) is 0.562. The van der Waals surface area contributed by atoms with Crippen LogP contribution in [0.3, 0.4) is 0 Å². The highest BCUT2D eigenvalue weighted by Crippen LogP contribution is 2.44. The minimum atomic E-state index is -4.00. The molecule has 1 aliphatic heterocycles. The lowest BCUT2D eigenvalue weighted by Crippen LogP contribution is -2.42. The van der Waals surface area contributed by atoms with Gasteiger partial charge in [0.1, 0.15) is 11.4 Å². The van der Waals surface area contributed by atoms with Crippen molar-refractivity contribution in [3.63, 3.8) is 0 Å². The maximum Gasteiger partial charge on any atom is 0.271 e. The Bertz CT molecular complexity index is 1200. The van der Waals surface area contributed by atoms with Gasteiger partial charge in [0.05, 0.1) is 23.8 Å². The third-order valence-electron chi connectivity index (χ3n) is 7.24. The van der Waals surface area contributed by atoms with Crippen LogP contribution in [-0.2, 0) is 26.5 Å². The van der Waals surface area contributed by atoms with Gasteiger partial charge < -0.3 is 14.8 Å². The number of benzene rings is 1. The maximum absolute atomic E-state index is 13.4. The van der Waals surface area contributed by atoms with Crippen molar-refractivity contribution in [1.82, 2.24) is 15.1 Å². The summed E-state index contributed by atoms with van der Waals surface area (Å²) in [7, 11) is -2.34. The van der Waals surface area contributed by atoms with Gasteiger partial charge in [-0.2, -0.15) is 5.10 Å². The first-order chi connectivity index (χ1) is 16.8. The average molecular weight is 539 g/mol. The predicted octanol–water partition coefficient (Wildman–Crippen LogP) is 4.44. The number of carbonyl (C=O) groups excluding carboxylic acids is 1. The fourth-order valence-electron chi connectivity index (χ4n) is 4.60. The first-order valence-electron chi connectivity index (χ1n) is 12.3. The molecule has 2 aromatic rings. The van der Waals surface area contributed by atoms with Crippen LogP contribution in [0.15, 0.2) is 29.2 Å². The molecule has 0 radical (unpaired) electrons. The lowest BCUT2D eigenvalue weighted by atomic mass is 9.82. The van der Waals surface area contributed by atoms with Crippen LogP contribution in [0.5, 0.6) is 0 Å². The third kappa shape index (κ3) is 5.56. The highest BCUT2D eigenvalue weighted by atomic mass is 35.5. The van der Waals surface area contributed by atoms with Gasteiger partial charge in [-0.3, -0.25) is 14.2 Å². The number of hydrogen-bond acceptors (Lipinski definition) is 6. The fourth-order valence-corrected chi connectivity index (χ4v) is 5.81. The van der Waals surface area contributed by atoms with Crippen molar-refractivity contribution in [2.75, 3.05) is 17.9 Å². The molecular formula is C25H35ClN4O5S. The molecule has 4 rings (SSSR count). The van der Waals surface area contributed by atoms with Crippen LogP contribution in [0.25, 0.3) is 0 Å². The first kappa shape index (κ1) is 26.9. The molecule has 2 fully saturated rings. The van der Waals surface area contributed by atoms with E-state index in [1.807, 2.05) is 27.7 Å². The third-order valence-corrected chi connectivity index (χ3v) is 8.86. The van der Waals surface area contributed by atoms with Crippen LogP contribution in [0.2, 0.25) is 5.02 Å². The number of carbonyl (C=O) groups is 1. The minimum Gasteiger partial charge on any atom is -0.348 e. The molecule has 1 aliphatic carbocycles. The zero-order valence-electron chi connectivity index (χ0n) is 21.4. The van der Waals surface area contributed by atoms with Crippen LogP contribution in [0.1, 0.15) is 75.5 Å². The van der Waals surface area contributed by atoms with Crippen molar-refractivity contribution in [2.45, 2.75) is 76.0 Å². The summed E-state index contributed by atoms with van der Waals surface area (Å²) in [6.07, 6.45) is 2.76. The van der Waals surface area contributed by atoms with E-state index in [0.717, 1.165) is 0 Å². The molecular weight excluding hydrogens is 504 g/mol. The number of ether oxygens (including phenoxy) is 2. The molecule has 36 heavy (non-hydrogen) atoms. The van der Waals surface area contributed by atoms with Gasteiger partial charge in [-0.1, -0.05) is 32.4 Å². The molecule has 2 N–H and O–H groups in total. The van der Waals surface area contributed by atoms with E-state index in [9.17, 15) is 13.2 Å². The molecule has 9 nitrogen and oxygen atoms in total. The zero-order chi connectivity index (χ0) is 26.3. The number of halogens is 1. The predicted molar refractivity (Wildman–Crippen MR) is 138 cm³/mol. The van der Waals surface area contributed by atoms with Crippen LogP contribution in [0.4, 0.5) is 5.69 Å². The second-order valence-electron chi connectivity index (χ2n) is 10.7. The molecule has 11 heteroatoms. The Morgan fingerprint density at radius 2 is 1.75 bits per heavy atom. The number of aryl methyl sites for hydroxylation is 1. The molecule has 1 amide bonds. The molecule has 1 unspecified atom stereocenters. The molecule has 1 saturated heterocycles. The Kier molecular flexibility index (Phi) is 7.45.